The van der Waals surface area contributed by atoms with E-state index in [9.17, 15) is 13.6 Å². The molecule has 0 amide bonds. The molecule has 2 nitrogen and oxygen atoms in total. The van der Waals surface area contributed by atoms with Gasteiger partial charge in [-0.15, -0.1) is 0 Å². The largest absolute Gasteiger partial charge is 0.482 e. The van der Waals surface area contributed by atoms with Crippen molar-refractivity contribution in [2.45, 2.75) is 19.3 Å². The van der Waals surface area contributed by atoms with Gasteiger partial charge in [0.2, 0.25) is 5.82 Å². The van der Waals surface area contributed by atoms with Crippen LogP contribution < -0.4 is 4.74 Å². The number of hydrogen-bond donors (Lipinski definition) is 0. The van der Waals surface area contributed by atoms with Crippen LogP contribution in [0, 0.1) is 11.6 Å². The summed E-state index contributed by atoms with van der Waals surface area (Å²) in [4.78, 5) is 12.1. The Bertz CT molecular complexity index is 695. The first-order valence-corrected chi connectivity index (χ1v) is 6.87. The summed E-state index contributed by atoms with van der Waals surface area (Å²) in [6.07, 6.45) is 3.14. The number of Topliss-reactive ketones (excluding diaryl/α,β-unsaturated/α-hetero) is 1. The highest BCUT2D eigenvalue weighted by atomic mass is 19.2. The number of rotatable bonds is 4. The van der Waals surface area contributed by atoms with Crippen LogP contribution in [0.4, 0.5) is 8.78 Å². The summed E-state index contributed by atoms with van der Waals surface area (Å²) in [7, 11) is 0. The summed E-state index contributed by atoms with van der Waals surface area (Å²) in [6, 6.07) is 9.23. The van der Waals surface area contributed by atoms with Gasteiger partial charge in [-0.3, -0.25) is 4.79 Å². The van der Waals surface area contributed by atoms with Gasteiger partial charge in [0.15, 0.2) is 24.0 Å². The lowest BCUT2D eigenvalue weighted by Crippen LogP contribution is -2.13. The SMILES string of the molecule is O=C(COc1cccc(F)c1F)c1ccc2c(c1)CCC2. The number of aryl methyl sites for hydroxylation is 2. The number of ketones is 1. The first-order valence-electron chi connectivity index (χ1n) is 6.87. The Morgan fingerprint density at radius 2 is 1.90 bits per heavy atom. The first-order chi connectivity index (χ1) is 10.1. The van der Waals surface area contributed by atoms with Gasteiger partial charge in [0.05, 0.1) is 0 Å². The highest BCUT2D eigenvalue weighted by Gasteiger charge is 2.15. The second-order valence-corrected chi connectivity index (χ2v) is 5.10. The maximum absolute atomic E-state index is 13.4. The lowest BCUT2D eigenvalue weighted by atomic mass is 10.0. The molecule has 0 spiro atoms. The van der Waals surface area contributed by atoms with Crippen molar-refractivity contribution < 1.29 is 18.3 Å². The summed E-state index contributed by atoms with van der Waals surface area (Å²) in [6.45, 7) is -0.306. The summed E-state index contributed by atoms with van der Waals surface area (Å²) >= 11 is 0. The zero-order valence-corrected chi connectivity index (χ0v) is 11.4. The molecule has 0 fully saturated rings. The van der Waals surface area contributed by atoms with Crippen LogP contribution in [-0.2, 0) is 12.8 Å². The molecular weight excluding hydrogens is 274 g/mol. The minimum absolute atomic E-state index is 0.242. The number of benzene rings is 2. The Morgan fingerprint density at radius 1 is 1.10 bits per heavy atom. The maximum Gasteiger partial charge on any atom is 0.200 e. The number of halogens is 2. The zero-order chi connectivity index (χ0) is 14.8. The standard InChI is InChI=1S/C17H14F2O2/c18-14-5-2-6-16(17(14)19)21-10-15(20)13-8-7-11-3-1-4-12(11)9-13/h2,5-9H,1,3-4,10H2. The Labute approximate surface area is 121 Å². The summed E-state index contributed by atoms with van der Waals surface area (Å²) < 4.78 is 31.5. The minimum Gasteiger partial charge on any atom is -0.482 e. The highest BCUT2D eigenvalue weighted by molar-refractivity contribution is 5.97. The Kier molecular flexibility index (Phi) is 3.69. The molecule has 2 aromatic rings. The van der Waals surface area contributed by atoms with E-state index >= 15 is 0 Å². The smallest absolute Gasteiger partial charge is 0.200 e. The van der Waals surface area contributed by atoms with E-state index in [1.807, 2.05) is 12.1 Å². The molecule has 0 N–H and O–H groups in total. The van der Waals surface area contributed by atoms with E-state index in [4.69, 9.17) is 4.74 Å². The van der Waals surface area contributed by atoms with Crippen molar-refractivity contribution in [2.75, 3.05) is 6.61 Å². The molecule has 108 valence electrons. The van der Waals surface area contributed by atoms with E-state index in [0.717, 1.165) is 25.3 Å². The minimum atomic E-state index is -1.07. The van der Waals surface area contributed by atoms with Crippen LogP contribution in [0.1, 0.15) is 27.9 Å². The molecular formula is C17H14F2O2. The summed E-state index contributed by atoms with van der Waals surface area (Å²) in [5.41, 5.74) is 3.02. The average Bonchev–Trinajstić information content (AvgIpc) is 2.96. The molecule has 3 rings (SSSR count). The van der Waals surface area contributed by atoms with Crippen LogP contribution in [0.2, 0.25) is 0 Å². The summed E-state index contributed by atoms with van der Waals surface area (Å²) in [5.74, 6) is -2.55. The fraction of sp³-hybridized carbons (Fsp3) is 0.235. The van der Waals surface area contributed by atoms with Gasteiger partial charge in [0.25, 0.3) is 0 Å². The van der Waals surface area contributed by atoms with Gasteiger partial charge in [-0.25, -0.2) is 4.39 Å². The van der Waals surface area contributed by atoms with Crippen LogP contribution in [-0.4, -0.2) is 12.4 Å². The molecule has 0 radical (unpaired) electrons. The number of carbonyl (C=O) groups excluding carboxylic acids is 1. The Hall–Kier alpha value is -2.23. The van der Waals surface area contributed by atoms with Crippen LogP contribution >= 0.6 is 0 Å². The average molecular weight is 288 g/mol. The van der Waals surface area contributed by atoms with Crippen LogP contribution in [0.25, 0.3) is 0 Å². The fourth-order valence-corrected chi connectivity index (χ4v) is 2.57. The van der Waals surface area contributed by atoms with E-state index in [1.54, 1.807) is 6.07 Å². The Balaban J connectivity index is 1.71. The molecule has 0 saturated heterocycles. The first kappa shape index (κ1) is 13.7. The van der Waals surface area contributed by atoms with Crippen molar-refractivity contribution in [3.63, 3.8) is 0 Å². The third kappa shape index (κ3) is 2.79. The van der Waals surface area contributed by atoms with Crippen LogP contribution in [0.15, 0.2) is 36.4 Å². The fourth-order valence-electron chi connectivity index (χ4n) is 2.57. The maximum atomic E-state index is 13.4. The van der Waals surface area contributed by atoms with Gasteiger partial charge in [-0.05, 0) is 48.6 Å². The number of hydrogen-bond acceptors (Lipinski definition) is 2. The molecule has 0 aliphatic heterocycles. The third-order valence-corrected chi connectivity index (χ3v) is 3.70. The predicted octanol–water partition coefficient (Wildman–Crippen LogP) is 3.72. The van der Waals surface area contributed by atoms with Crippen molar-refractivity contribution >= 4 is 5.78 Å². The van der Waals surface area contributed by atoms with Crippen molar-refractivity contribution in [1.29, 1.82) is 0 Å². The molecule has 0 aromatic heterocycles. The highest BCUT2D eigenvalue weighted by Crippen LogP contribution is 2.23. The zero-order valence-electron chi connectivity index (χ0n) is 11.4. The monoisotopic (exact) mass is 288 g/mol. The van der Waals surface area contributed by atoms with Crippen molar-refractivity contribution in [3.05, 3.63) is 64.7 Å². The van der Waals surface area contributed by atoms with Gasteiger partial charge in [-0.1, -0.05) is 18.2 Å². The van der Waals surface area contributed by atoms with E-state index < -0.39 is 11.6 Å². The van der Waals surface area contributed by atoms with E-state index in [-0.39, 0.29) is 18.1 Å². The molecule has 0 saturated carbocycles. The Morgan fingerprint density at radius 3 is 2.76 bits per heavy atom. The second kappa shape index (κ2) is 5.64. The number of fused-ring (bicyclic) bond motifs is 1. The normalized spacial score (nSPS) is 13.0. The lowest BCUT2D eigenvalue weighted by molar-refractivity contribution is 0.0918. The second-order valence-electron chi connectivity index (χ2n) is 5.10. The van der Waals surface area contributed by atoms with E-state index in [0.29, 0.717) is 5.56 Å². The number of ether oxygens (including phenoxy) is 1. The van der Waals surface area contributed by atoms with Gasteiger partial charge in [0.1, 0.15) is 0 Å². The van der Waals surface area contributed by atoms with Crippen LogP contribution in [0.5, 0.6) is 5.75 Å². The van der Waals surface area contributed by atoms with Gasteiger partial charge >= 0.3 is 0 Å². The molecule has 0 bridgehead atoms. The molecule has 0 unspecified atom stereocenters. The van der Waals surface area contributed by atoms with Gasteiger partial charge in [-0.2, -0.15) is 4.39 Å². The predicted molar refractivity (Wildman–Crippen MR) is 74.7 cm³/mol. The molecule has 0 atom stereocenters. The van der Waals surface area contributed by atoms with Crippen molar-refractivity contribution in [2.24, 2.45) is 0 Å². The molecule has 0 heterocycles. The molecule has 4 heteroatoms. The number of carbonyl (C=O) groups is 1. The van der Waals surface area contributed by atoms with E-state index in [1.165, 1.54) is 23.3 Å². The third-order valence-electron chi connectivity index (χ3n) is 3.70. The molecule has 21 heavy (non-hydrogen) atoms. The quantitative estimate of drug-likeness (QED) is 0.802. The van der Waals surface area contributed by atoms with Gasteiger partial charge in [0, 0.05) is 5.56 Å². The summed E-state index contributed by atoms with van der Waals surface area (Å²) in [5, 5.41) is 0. The molecule has 2 aromatic carbocycles. The van der Waals surface area contributed by atoms with Crippen LogP contribution in [0.3, 0.4) is 0 Å². The topological polar surface area (TPSA) is 26.3 Å². The molecule has 1 aliphatic rings. The lowest BCUT2D eigenvalue weighted by Gasteiger charge is -2.08. The van der Waals surface area contributed by atoms with E-state index in [2.05, 4.69) is 0 Å². The molecule has 1 aliphatic carbocycles. The van der Waals surface area contributed by atoms with Gasteiger partial charge < -0.3 is 4.74 Å². The van der Waals surface area contributed by atoms with Crippen molar-refractivity contribution in [1.82, 2.24) is 0 Å². The van der Waals surface area contributed by atoms with Crippen molar-refractivity contribution in [3.8, 4) is 5.75 Å².